The standard InChI is InChI=1S/C24H40N6O8/c1-15(31)13-28-18(24(25)37)7-4-5-12-26-16(2)19(32)14-27-17(3)29-20(33)8-6-9-23(36)38-30-21(34)10-11-22(30)35/h16-18,26-28H,4-14H2,1-3H3,(H2,25,37)(H,29,33)/t16?,17?,18-/m0/s1. The zero-order valence-electron chi connectivity index (χ0n) is 22.3. The van der Waals surface area contributed by atoms with Crippen LogP contribution in [0.25, 0.3) is 0 Å². The van der Waals surface area contributed by atoms with Crippen molar-refractivity contribution in [2.24, 2.45) is 5.73 Å². The predicted octanol–water partition coefficient (Wildman–Crippen LogP) is -1.43. The van der Waals surface area contributed by atoms with Gasteiger partial charge in [0, 0.05) is 25.7 Å². The summed E-state index contributed by atoms with van der Waals surface area (Å²) >= 11 is 0. The van der Waals surface area contributed by atoms with Gasteiger partial charge in [-0.2, -0.15) is 0 Å². The van der Waals surface area contributed by atoms with Gasteiger partial charge < -0.3 is 21.2 Å². The van der Waals surface area contributed by atoms with E-state index < -0.39 is 41.9 Å². The van der Waals surface area contributed by atoms with E-state index in [4.69, 9.17) is 10.6 Å². The first-order valence-corrected chi connectivity index (χ1v) is 12.8. The van der Waals surface area contributed by atoms with Gasteiger partial charge in [-0.25, -0.2) is 4.79 Å². The first kappa shape index (κ1) is 32.8. The zero-order chi connectivity index (χ0) is 28.7. The predicted molar refractivity (Wildman–Crippen MR) is 135 cm³/mol. The molecule has 0 spiro atoms. The highest BCUT2D eigenvalue weighted by molar-refractivity contribution is 6.01. The summed E-state index contributed by atoms with van der Waals surface area (Å²) in [6, 6.07) is -0.993. The molecule has 1 heterocycles. The number of rotatable bonds is 20. The van der Waals surface area contributed by atoms with Crippen LogP contribution >= 0.6 is 0 Å². The van der Waals surface area contributed by atoms with Gasteiger partial charge in [-0.1, -0.05) is 6.42 Å². The van der Waals surface area contributed by atoms with Gasteiger partial charge in [-0.3, -0.25) is 39.4 Å². The summed E-state index contributed by atoms with van der Waals surface area (Å²) in [4.78, 5) is 86.3. The smallest absolute Gasteiger partial charge is 0.333 e. The number of unbranched alkanes of at least 4 members (excludes halogenated alkanes) is 1. The first-order valence-electron chi connectivity index (χ1n) is 12.8. The second kappa shape index (κ2) is 17.3. The van der Waals surface area contributed by atoms with Crippen molar-refractivity contribution in [3.05, 3.63) is 0 Å². The Balaban J connectivity index is 2.16. The molecule has 1 saturated heterocycles. The highest BCUT2D eigenvalue weighted by Gasteiger charge is 2.32. The third-order valence-electron chi connectivity index (χ3n) is 5.74. The Morgan fingerprint density at radius 2 is 1.58 bits per heavy atom. The molecule has 1 fully saturated rings. The van der Waals surface area contributed by atoms with Gasteiger partial charge in [-0.15, -0.1) is 5.06 Å². The molecule has 38 heavy (non-hydrogen) atoms. The number of hydroxylamine groups is 2. The lowest BCUT2D eigenvalue weighted by Gasteiger charge is -2.18. The molecule has 0 aromatic rings. The molecule has 2 unspecified atom stereocenters. The number of hydrogen-bond acceptors (Lipinski definition) is 11. The van der Waals surface area contributed by atoms with Gasteiger partial charge in [0.1, 0.15) is 5.78 Å². The molecule has 6 N–H and O–H groups in total. The maximum Gasteiger partial charge on any atom is 0.333 e. The molecule has 214 valence electrons. The summed E-state index contributed by atoms with van der Waals surface area (Å²) in [5, 5.41) is 12.0. The monoisotopic (exact) mass is 540 g/mol. The molecule has 0 saturated carbocycles. The van der Waals surface area contributed by atoms with Crippen molar-refractivity contribution in [3.63, 3.8) is 0 Å². The molecule has 0 aliphatic carbocycles. The van der Waals surface area contributed by atoms with Crippen LogP contribution < -0.4 is 27.0 Å². The van der Waals surface area contributed by atoms with E-state index in [2.05, 4.69) is 21.3 Å². The van der Waals surface area contributed by atoms with Crippen molar-refractivity contribution in [3.8, 4) is 0 Å². The lowest BCUT2D eigenvalue weighted by Crippen LogP contribution is -2.48. The molecule has 14 heteroatoms. The minimum atomic E-state index is -0.767. The Bertz CT molecular complexity index is 864. The number of amides is 4. The van der Waals surface area contributed by atoms with Gasteiger partial charge in [0.2, 0.25) is 11.8 Å². The number of ketones is 2. The number of nitrogens with zero attached hydrogens (tertiary/aromatic N) is 1. The van der Waals surface area contributed by atoms with Crippen molar-refractivity contribution in [2.45, 2.75) is 90.4 Å². The van der Waals surface area contributed by atoms with Crippen LogP contribution in [-0.4, -0.2) is 84.1 Å². The summed E-state index contributed by atoms with van der Waals surface area (Å²) in [6.45, 7) is 5.50. The molecule has 0 aromatic carbocycles. The van der Waals surface area contributed by atoms with Crippen LogP contribution in [0.5, 0.6) is 0 Å². The Kier molecular flexibility index (Phi) is 14.9. The van der Waals surface area contributed by atoms with E-state index >= 15 is 0 Å². The molecule has 0 aromatic heterocycles. The van der Waals surface area contributed by atoms with E-state index in [1.54, 1.807) is 13.8 Å². The van der Waals surface area contributed by atoms with Crippen molar-refractivity contribution in [2.75, 3.05) is 19.6 Å². The fourth-order valence-corrected chi connectivity index (χ4v) is 3.49. The molecule has 1 aliphatic heterocycles. The fourth-order valence-electron chi connectivity index (χ4n) is 3.49. The largest absolute Gasteiger partial charge is 0.368 e. The molecule has 0 bridgehead atoms. The van der Waals surface area contributed by atoms with E-state index in [1.807, 2.05) is 0 Å². The molecule has 0 radical (unpaired) electrons. The topological polar surface area (TPSA) is 206 Å². The Morgan fingerprint density at radius 1 is 0.921 bits per heavy atom. The van der Waals surface area contributed by atoms with E-state index in [0.29, 0.717) is 30.9 Å². The SMILES string of the molecule is CC(=O)CN[C@@H](CCCCNC(C)C(=O)CNC(C)NC(=O)CCCC(=O)ON1C(=O)CCC1=O)C(N)=O. The maximum absolute atomic E-state index is 12.3. The number of nitrogens with one attached hydrogen (secondary N) is 4. The number of nitrogens with two attached hydrogens (primary N) is 1. The summed E-state index contributed by atoms with van der Waals surface area (Å²) in [7, 11) is 0. The fraction of sp³-hybridized carbons (Fsp3) is 0.708. The van der Waals surface area contributed by atoms with Gasteiger partial charge in [0.25, 0.3) is 11.8 Å². The van der Waals surface area contributed by atoms with Gasteiger partial charge in [-0.05, 0) is 46.6 Å². The average molecular weight is 541 g/mol. The van der Waals surface area contributed by atoms with Crippen LogP contribution in [0.1, 0.15) is 72.1 Å². The van der Waals surface area contributed by atoms with E-state index in [1.165, 1.54) is 6.92 Å². The van der Waals surface area contributed by atoms with Crippen molar-refractivity contribution >= 4 is 41.2 Å². The normalized spacial score (nSPS) is 15.6. The van der Waals surface area contributed by atoms with Crippen LogP contribution in [0.15, 0.2) is 0 Å². The van der Waals surface area contributed by atoms with E-state index in [0.717, 1.165) is 0 Å². The van der Waals surface area contributed by atoms with Crippen molar-refractivity contribution in [1.29, 1.82) is 0 Å². The Morgan fingerprint density at radius 3 is 2.18 bits per heavy atom. The van der Waals surface area contributed by atoms with Crippen LogP contribution in [0.4, 0.5) is 0 Å². The molecule has 3 atom stereocenters. The molecular weight excluding hydrogens is 500 g/mol. The summed E-state index contributed by atoms with van der Waals surface area (Å²) < 4.78 is 0. The second-order valence-corrected chi connectivity index (χ2v) is 9.24. The van der Waals surface area contributed by atoms with Crippen molar-refractivity contribution in [1.82, 2.24) is 26.3 Å². The number of imide groups is 1. The highest BCUT2D eigenvalue weighted by Crippen LogP contribution is 2.13. The lowest BCUT2D eigenvalue weighted by atomic mass is 10.1. The number of Topliss-reactive ketones (excluding diaryl/α,β-unsaturated/α-hetero) is 2. The highest BCUT2D eigenvalue weighted by atomic mass is 16.7. The zero-order valence-corrected chi connectivity index (χ0v) is 22.3. The van der Waals surface area contributed by atoms with Crippen LogP contribution in [0.3, 0.4) is 0 Å². The first-order chi connectivity index (χ1) is 17.9. The van der Waals surface area contributed by atoms with Crippen LogP contribution in [0, 0.1) is 0 Å². The average Bonchev–Trinajstić information content (AvgIpc) is 3.15. The lowest BCUT2D eigenvalue weighted by molar-refractivity contribution is -0.197. The van der Waals surface area contributed by atoms with Gasteiger partial charge >= 0.3 is 5.97 Å². The molecule has 4 amide bonds. The summed E-state index contributed by atoms with van der Waals surface area (Å²) in [5.74, 6) is -2.92. The molecule has 1 rings (SSSR count). The molecule has 14 nitrogen and oxygen atoms in total. The van der Waals surface area contributed by atoms with Crippen LogP contribution in [0.2, 0.25) is 0 Å². The molecule has 1 aliphatic rings. The Hall–Kier alpha value is -3.23. The van der Waals surface area contributed by atoms with Gasteiger partial charge in [0.15, 0.2) is 5.78 Å². The van der Waals surface area contributed by atoms with Gasteiger partial charge in [0.05, 0.1) is 31.3 Å². The quantitative estimate of drug-likeness (QED) is 0.0687. The van der Waals surface area contributed by atoms with Crippen molar-refractivity contribution < 1.29 is 38.4 Å². The number of primary amides is 1. The van der Waals surface area contributed by atoms with Crippen LogP contribution in [-0.2, 0) is 38.4 Å². The van der Waals surface area contributed by atoms with E-state index in [9.17, 15) is 33.6 Å². The molecular formula is C24H40N6O8. The third-order valence-corrected chi connectivity index (χ3v) is 5.74. The maximum atomic E-state index is 12.3. The minimum Gasteiger partial charge on any atom is -0.368 e. The van der Waals surface area contributed by atoms with E-state index in [-0.39, 0.29) is 62.7 Å². The summed E-state index contributed by atoms with van der Waals surface area (Å²) in [5.41, 5.74) is 5.34. The Labute approximate surface area is 222 Å². The minimum absolute atomic E-state index is 0.0114. The number of carbonyl (C=O) groups excluding carboxylic acids is 7. The number of carbonyl (C=O) groups is 7. The third kappa shape index (κ3) is 13.4. The summed E-state index contributed by atoms with van der Waals surface area (Å²) in [6.07, 6.45) is 1.47. The number of hydrogen-bond donors (Lipinski definition) is 5. The second-order valence-electron chi connectivity index (χ2n) is 9.24.